The second-order valence-electron chi connectivity index (χ2n) is 4.82. The summed E-state index contributed by atoms with van der Waals surface area (Å²) in [6, 6.07) is 4.98. The zero-order valence-electron chi connectivity index (χ0n) is 12.0. The minimum absolute atomic E-state index is 0.200. The molecule has 0 fully saturated rings. The normalized spacial score (nSPS) is 11.1. The molecule has 0 aliphatic rings. The molecule has 0 atom stereocenters. The quantitative estimate of drug-likeness (QED) is 0.902. The van der Waals surface area contributed by atoms with Crippen LogP contribution in [0.4, 0.5) is 4.39 Å². The van der Waals surface area contributed by atoms with Crippen molar-refractivity contribution in [3.8, 4) is 0 Å². The Morgan fingerprint density at radius 3 is 2.80 bits per heavy atom. The van der Waals surface area contributed by atoms with E-state index < -0.39 is 0 Å². The average molecular weight is 340 g/mol. The van der Waals surface area contributed by atoms with Crippen molar-refractivity contribution in [2.45, 2.75) is 33.9 Å². The third-order valence-electron chi connectivity index (χ3n) is 3.41. The molecule has 0 amide bonds. The second kappa shape index (κ2) is 6.50. The van der Waals surface area contributed by atoms with Crippen molar-refractivity contribution >= 4 is 15.9 Å². The molecule has 1 aromatic carbocycles. The fourth-order valence-corrected chi connectivity index (χ4v) is 2.63. The Kier molecular flexibility index (Phi) is 4.94. The van der Waals surface area contributed by atoms with E-state index in [0.717, 1.165) is 29.0 Å². The third kappa shape index (κ3) is 3.27. The summed E-state index contributed by atoms with van der Waals surface area (Å²) in [6.45, 7) is 8.27. The SMILES string of the molecule is CCNCc1c(C)nn(Cc2cc(Br)ccc2F)c1C. The molecule has 0 bridgehead atoms. The lowest BCUT2D eigenvalue weighted by atomic mass is 10.2. The van der Waals surface area contributed by atoms with E-state index in [0.29, 0.717) is 12.1 Å². The fraction of sp³-hybridized carbons (Fsp3) is 0.400. The molecule has 1 N–H and O–H groups in total. The molecule has 0 saturated heterocycles. The zero-order valence-corrected chi connectivity index (χ0v) is 13.6. The van der Waals surface area contributed by atoms with Gasteiger partial charge in [0.15, 0.2) is 0 Å². The lowest BCUT2D eigenvalue weighted by molar-refractivity contribution is 0.578. The van der Waals surface area contributed by atoms with E-state index in [2.05, 4.69) is 33.3 Å². The molecule has 3 nitrogen and oxygen atoms in total. The third-order valence-corrected chi connectivity index (χ3v) is 3.90. The first-order chi connectivity index (χ1) is 9.52. The number of halogens is 2. The number of nitrogens with zero attached hydrogens (tertiary/aromatic N) is 2. The van der Waals surface area contributed by atoms with Gasteiger partial charge >= 0.3 is 0 Å². The number of aromatic nitrogens is 2. The Bertz CT molecular complexity index is 607. The van der Waals surface area contributed by atoms with E-state index in [1.807, 2.05) is 18.5 Å². The van der Waals surface area contributed by atoms with Crippen molar-refractivity contribution in [1.29, 1.82) is 0 Å². The lowest BCUT2D eigenvalue weighted by Crippen LogP contribution is -2.13. The summed E-state index contributed by atoms with van der Waals surface area (Å²) < 4.78 is 16.6. The molecule has 20 heavy (non-hydrogen) atoms. The van der Waals surface area contributed by atoms with E-state index in [-0.39, 0.29) is 5.82 Å². The topological polar surface area (TPSA) is 29.9 Å². The predicted octanol–water partition coefficient (Wildman–Crippen LogP) is 3.56. The highest BCUT2D eigenvalue weighted by Crippen LogP contribution is 2.19. The largest absolute Gasteiger partial charge is 0.313 e. The van der Waals surface area contributed by atoms with E-state index in [9.17, 15) is 4.39 Å². The summed E-state index contributed by atoms with van der Waals surface area (Å²) in [4.78, 5) is 0. The number of nitrogens with one attached hydrogen (secondary N) is 1. The van der Waals surface area contributed by atoms with Crippen LogP contribution in [0.1, 0.15) is 29.4 Å². The molecule has 0 unspecified atom stereocenters. The van der Waals surface area contributed by atoms with Crippen LogP contribution in [-0.2, 0) is 13.1 Å². The van der Waals surface area contributed by atoms with Gasteiger partial charge in [-0.25, -0.2) is 4.39 Å². The smallest absolute Gasteiger partial charge is 0.128 e. The molecule has 2 aromatic rings. The van der Waals surface area contributed by atoms with Crippen molar-refractivity contribution in [2.75, 3.05) is 6.54 Å². The van der Waals surface area contributed by atoms with Gasteiger partial charge in [0.2, 0.25) is 0 Å². The standard InChI is InChI=1S/C15H19BrFN3/c1-4-18-8-14-10(2)19-20(11(14)3)9-12-7-13(16)5-6-15(12)17/h5-7,18H,4,8-9H2,1-3H3. The predicted molar refractivity (Wildman–Crippen MR) is 82.3 cm³/mol. The van der Waals surface area contributed by atoms with Gasteiger partial charge in [0, 0.05) is 27.8 Å². The maximum Gasteiger partial charge on any atom is 0.128 e. The van der Waals surface area contributed by atoms with Gasteiger partial charge in [-0.15, -0.1) is 0 Å². The van der Waals surface area contributed by atoms with Gasteiger partial charge in [-0.1, -0.05) is 22.9 Å². The summed E-state index contributed by atoms with van der Waals surface area (Å²) in [5.74, 6) is -0.200. The average Bonchev–Trinajstić information content (AvgIpc) is 2.67. The molecule has 0 radical (unpaired) electrons. The highest BCUT2D eigenvalue weighted by atomic mass is 79.9. The van der Waals surface area contributed by atoms with Crippen LogP contribution in [0, 0.1) is 19.7 Å². The number of benzene rings is 1. The van der Waals surface area contributed by atoms with E-state index in [1.54, 1.807) is 12.1 Å². The minimum atomic E-state index is -0.200. The van der Waals surface area contributed by atoms with E-state index >= 15 is 0 Å². The maximum atomic E-state index is 13.8. The summed E-state index contributed by atoms with van der Waals surface area (Å²) in [5.41, 5.74) is 3.92. The number of hydrogen-bond donors (Lipinski definition) is 1. The Balaban J connectivity index is 2.27. The van der Waals surface area contributed by atoms with Gasteiger partial charge in [-0.3, -0.25) is 4.68 Å². The second-order valence-corrected chi connectivity index (χ2v) is 5.74. The van der Waals surface area contributed by atoms with Crippen LogP contribution in [0.5, 0.6) is 0 Å². The van der Waals surface area contributed by atoms with Crippen LogP contribution in [0.25, 0.3) is 0 Å². The first-order valence-electron chi connectivity index (χ1n) is 6.70. The first kappa shape index (κ1) is 15.2. The van der Waals surface area contributed by atoms with E-state index in [4.69, 9.17) is 0 Å². The number of hydrogen-bond acceptors (Lipinski definition) is 2. The molecule has 1 heterocycles. The Morgan fingerprint density at radius 2 is 2.10 bits per heavy atom. The van der Waals surface area contributed by atoms with Crippen LogP contribution >= 0.6 is 15.9 Å². The van der Waals surface area contributed by atoms with Gasteiger partial charge in [-0.05, 0) is 38.6 Å². The van der Waals surface area contributed by atoms with Gasteiger partial charge in [-0.2, -0.15) is 5.10 Å². The molecule has 0 aliphatic heterocycles. The molecule has 0 saturated carbocycles. The monoisotopic (exact) mass is 339 g/mol. The summed E-state index contributed by atoms with van der Waals surface area (Å²) in [5, 5.41) is 7.83. The van der Waals surface area contributed by atoms with Crippen molar-refractivity contribution in [3.05, 3.63) is 51.0 Å². The van der Waals surface area contributed by atoms with Gasteiger partial charge in [0.25, 0.3) is 0 Å². The summed E-state index contributed by atoms with van der Waals surface area (Å²) in [7, 11) is 0. The maximum absolute atomic E-state index is 13.8. The number of aryl methyl sites for hydroxylation is 1. The number of rotatable bonds is 5. The van der Waals surface area contributed by atoms with Crippen molar-refractivity contribution < 1.29 is 4.39 Å². The first-order valence-corrected chi connectivity index (χ1v) is 7.49. The fourth-order valence-electron chi connectivity index (χ4n) is 2.22. The molecule has 0 aliphatic carbocycles. The molecular formula is C15H19BrFN3. The highest BCUT2D eigenvalue weighted by molar-refractivity contribution is 9.10. The Labute approximate surface area is 127 Å². The van der Waals surface area contributed by atoms with Crippen LogP contribution in [-0.4, -0.2) is 16.3 Å². The highest BCUT2D eigenvalue weighted by Gasteiger charge is 2.12. The molecule has 2 rings (SSSR count). The lowest BCUT2D eigenvalue weighted by Gasteiger charge is -2.08. The van der Waals surface area contributed by atoms with E-state index in [1.165, 1.54) is 11.6 Å². The van der Waals surface area contributed by atoms with Crippen molar-refractivity contribution in [3.63, 3.8) is 0 Å². The Morgan fingerprint density at radius 1 is 1.35 bits per heavy atom. The summed E-state index contributed by atoms with van der Waals surface area (Å²) >= 11 is 3.38. The van der Waals surface area contributed by atoms with Crippen molar-refractivity contribution in [1.82, 2.24) is 15.1 Å². The van der Waals surface area contributed by atoms with Crippen LogP contribution in [0.3, 0.4) is 0 Å². The van der Waals surface area contributed by atoms with Crippen LogP contribution < -0.4 is 5.32 Å². The van der Waals surface area contributed by atoms with Gasteiger partial charge in [0.1, 0.15) is 5.82 Å². The van der Waals surface area contributed by atoms with Crippen LogP contribution in [0.2, 0.25) is 0 Å². The summed E-state index contributed by atoms with van der Waals surface area (Å²) in [6.07, 6.45) is 0. The van der Waals surface area contributed by atoms with Gasteiger partial charge < -0.3 is 5.32 Å². The molecule has 108 valence electrons. The van der Waals surface area contributed by atoms with Crippen LogP contribution in [0.15, 0.2) is 22.7 Å². The molecule has 5 heteroatoms. The minimum Gasteiger partial charge on any atom is -0.313 e. The van der Waals surface area contributed by atoms with Gasteiger partial charge in [0.05, 0.1) is 12.2 Å². The molecular weight excluding hydrogens is 321 g/mol. The molecule has 0 spiro atoms. The molecule has 1 aromatic heterocycles. The Hall–Kier alpha value is -1.20. The van der Waals surface area contributed by atoms with Crippen molar-refractivity contribution in [2.24, 2.45) is 0 Å². The zero-order chi connectivity index (χ0) is 14.7.